The summed E-state index contributed by atoms with van der Waals surface area (Å²) in [6.45, 7) is 3.37. The van der Waals surface area contributed by atoms with Crippen LogP contribution in [-0.2, 0) is 10.0 Å². The maximum atomic E-state index is 13.4. The van der Waals surface area contributed by atoms with Gasteiger partial charge in [-0.3, -0.25) is 4.57 Å². The van der Waals surface area contributed by atoms with E-state index in [0.29, 0.717) is 24.7 Å². The Morgan fingerprint density at radius 1 is 1.03 bits per heavy atom. The molecule has 0 atom stereocenters. The summed E-state index contributed by atoms with van der Waals surface area (Å²) in [6.07, 6.45) is 5.00. The molecule has 29 heavy (non-hydrogen) atoms. The van der Waals surface area contributed by atoms with Crippen molar-refractivity contribution >= 4 is 27.4 Å². The number of nitrogens with zero attached hydrogens (tertiary/aromatic N) is 6. The maximum Gasteiger partial charge on any atom is 0.243 e. The van der Waals surface area contributed by atoms with Gasteiger partial charge in [0.2, 0.25) is 10.0 Å². The molecule has 0 bridgehead atoms. The summed E-state index contributed by atoms with van der Waals surface area (Å²) in [5.41, 5.74) is 0. The van der Waals surface area contributed by atoms with Crippen molar-refractivity contribution in [3.8, 4) is 5.82 Å². The third kappa shape index (κ3) is 3.83. The molecule has 0 unspecified atom stereocenters. The highest BCUT2D eigenvalue weighted by molar-refractivity contribution is 7.89. The average Bonchev–Trinajstić information content (AvgIpc) is 3.16. The Hall–Kier alpha value is -2.56. The van der Waals surface area contributed by atoms with E-state index in [9.17, 15) is 12.8 Å². The molecule has 3 heterocycles. The Balaban J connectivity index is 1.50. The number of anilines is 1. The molecule has 2 aromatic heterocycles. The third-order valence-corrected chi connectivity index (χ3v) is 6.99. The van der Waals surface area contributed by atoms with Crippen molar-refractivity contribution in [1.29, 1.82) is 0 Å². The molecule has 0 N–H and O–H groups in total. The molecule has 152 valence electrons. The second kappa shape index (κ2) is 7.69. The van der Waals surface area contributed by atoms with Crippen LogP contribution in [0, 0.1) is 12.7 Å². The lowest BCUT2D eigenvalue weighted by Crippen LogP contribution is -2.49. The topological polar surface area (TPSA) is 84.2 Å². The summed E-state index contributed by atoms with van der Waals surface area (Å²) in [7, 11) is -3.75. The van der Waals surface area contributed by atoms with E-state index >= 15 is 0 Å². The minimum atomic E-state index is -3.75. The molecular formula is C18H18ClFN6O2S. The van der Waals surface area contributed by atoms with Crippen molar-refractivity contribution in [1.82, 2.24) is 23.8 Å². The summed E-state index contributed by atoms with van der Waals surface area (Å²) in [5, 5.41) is -0.215. The molecule has 0 saturated carbocycles. The number of aryl methyl sites for hydroxylation is 1. The summed E-state index contributed by atoms with van der Waals surface area (Å²) >= 11 is 5.74. The zero-order valence-corrected chi connectivity index (χ0v) is 17.1. The Morgan fingerprint density at radius 3 is 2.41 bits per heavy atom. The van der Waals surface area contributed by atoms with Crippen molar-refractivity contribution in [2.75, 3.05) is 31.1 Å². The molecule has 1 aliphatic rings. The standard InChI is InChI=1S/C18H18ClFN6O2S/c1-13-21-4-5-26(13)18-11-17(22-12-23-18)24-6-8-25(9-7-24)29(27,28)14-2-3-16(20)15(19)10-14/h2-5,10-12H,6-9H2,1H3. The van der Waals surface area contributed by atoms with E-state index in [0.717, 1.165) is 18.0 Å². The number of halogens is 2. The SMILES string of the molecule is Cc1nccn1-c1cc(N2CCN(S(=O)(=O)c3ccc(F)c(Cl)c3)CC2)ncn1. The molecule has 8 nitrogen and oxygen atoms in total. The van der Waals surface area contributed by atoms with Crippen LogP contribution >= 0.6 is 11.6 Å². The van der Waals surface area contributed by atoms with Crippen LogP contribution in [0.25, 0.3) is 5.82 Å². The molecule has 11 heteroatoms. The van der Waals surface area contributed by atoms with Crippen LogP contribution in [0.15, 0.2) is 47.9 Å². The van der Waals surface area contributed by atoms with Gasteiger partial charge in [0, 0.05) is 44.6 Å². The number of benzene rings is 1. The monoisotopic (exact) mass is 436 g/mol. The lowest BCUT2D eigenvalue weighted by molar-refractivity contribution is 0.383. The average molecular weight is 437 g/mol. The fraction of sp³-hybridized carbons (Fsp3) is 0.278. The molecule has 1 saturated heterocycles. The van der Waals surface area contributed by atoms with Gasteiger partial charge in [-0.25, -0.2) is 27.8 Å². The fourth-order valence-electron chi connectivity index (χ4n) is 3.21. The first-order valence-electron chi connectivity index (χ1n) is 8.89. The maximum absolute atomic E-state index is 13.4. The molecular weight excluding hydrogens is 419 g/mol. The van der Waals surface area contributed by atoms with Gasteiger partial charge in [0.15, 0.2) is 0 Å². The van der Waals surface area contributed by atoms with E-state index in [1.807, 2.05) is 28.7 Å². The van der Waals surface area contributed by atoms with Crippen molar-refractivity contribution in [3.63, 3.8) is 0 Å². The molecule has 0 aliphatic carbocycles. The van der Waals surface area contributed by atoms with Crippen LogP contribution in [0.3, 0.4) is 0 Å². The van der Waals surface area contributed by atoms with Crippen LogP contribution in [0.1, 0.15) is 5.82 Å². The number of sulfonamides is 1. The van der Waals surface area contributed by atoms with Crippen LogP contribution in [-0.4, -0.2) is 58.4 Å². The largest absolute Gasteiger partial charge is 0.354 e. The third-order valence-electron chi connectivity index (χ3n) is 4.80. The van der Waals surface area contributed by atoms with E-state index in [-0.39, 0.29) is 23.0 Å². The van der Waals surface area contributed by atoms with Gasteiger partial charge in [-0.1, -0.05) is 11.6 Å². The Labute approximate surface area is 172 Å². The number of hydrogen-bond acceptors (Lipinski definition) is 6. The van der Waals surface area contributed by atoms with Crippen molar-refractivity contribution in [2.45, 2.75) is 11.8 Å². The van der Waals surface area contributed by atoms with Crippen molar-refractivity contribution in [3.05, 3.63) is 59.7 Å². The van der Waals surface area contributed by atoms with Gasteiger partial charge in [-0.15, -0.1) is 0 Å². The number of hydrogen-bond donors (Lipinski definition) is 0. The highest BCUT2D eigenvalue weighted by atomic mass is 35.5. The molecule has 1 aromatic carbocycles. The Bertz CT molecular complexity index is 1140. The summed E-state index contributed by atoms with van der Waals surface area (Å²) in [4.78, 5) is 14.8. The van der Waals surface area contributed by atoms with Gasteiger partial charge in [0.1, 0.15) is 29.6 Å². The lowest BCUT2D eigenvalue weighted by Gasteiger charge is -2.34. The predicted molar refractivity (Wildman–Crippen MR) is 106 cm³/mol. The lowest BCUT2D eigenvalue weighted by atomic mass is 10.3. The smallest absolute Gasteiger partial charge is 0.243 e. The van der Waals surface area contributed by atoms with Gasteiger partial charge in [0.05, 0.1) is 9.92 Å². The molecule has 4 rings (SSSR count). The summed E-state index contributed by atoms with van der Waals surface area (Å²) in [5.74, 6) is 1.57. The van der Waals surface area contributed by atoms with Gasteiger partial charge in [-0.2, -0.15) is 4.31 Å². The highest BCUT2D eigenvalue weighted by Crippen LogP contribution is 2.24. The molecule has 0 amide bonds. The van der Waals surface area contributed by atoms with Crippen LogP contribution in [0.4, 0.5) is 10.2 Å². The highest BCUT2D eigenvalue weighted by Gasteiger charge is 2.29. The minimum Gasteiger partial charge on any atom is -0.354 e. The van der Waals surface area contributed by atoms with Gasteiger partial charge >= 0.3 is 0 Å². The van der Waals surface area contributed by atoms with E-state index < -0.39 is 15.8 Å². The quantitative estimate of drug-likeness (QED) is 0.623. The zero-order chi connectivity index (χ0) is 20.6. The van der Waals surface area contributed by atoms with E-state index in [2.05, 4.69) is 15.0 Å². The van der Waals surface area contributed by atoms with Crippen molar-refractivity contribution < 1.29 is 12.8 Å². The van der Waals surface area contributed by atoms with E-state index in [1.54, 1.807) is 6.20 Å². The van der Waals surface area contributed by atoms with Gasteiger partial charge in [-0.05, 0) is 25.1 Å². The Kier molecular flexibility index (Phi) is 5.24. The second-order valence-corrected chi connectivity index (χ2v) is 8.89. The normalized spacial score (nSPS) is 15.6. The minimum absolute atomic E-state index is 0.0164. The number of imidazole rings is 1. The first-order valence-corrected chi connectivity index (χ1v) is 10.7. The molecule has 0 spiro atoms. The molecule has 1 aliphatic heterocycles. The first kappa shape index (κ1) is 19.7. The van der Waals surface area contributed by atoms with Crippen LogP contribution < -0.4 is 4.90 Å². The predicted octanol–water partition coefficient (Wildman–Crippen LogP) is 2.27. The molecule has 1 fully saturated rings. The van der Waals surface area contributed by atoms with Crippen LogP contribution in [0.2, 0.25) is 5.02 Å². The summed E-state index contributed by atoms with van der Waals surface area (Å²) in [6, 6.07) is 5.28. The first-order chi connectivity index (χ1) is 13.9. The number of piperazine rings is 1. The van der Waals surface area contributed by atoms with Crippen LogP contribution in [0.5, 0.6) is 0 Å². The number of aromatic nitrogens is 4. The van der Waals surface area contributed by atoms with Gasteiger partial charge in [0.25, 0.3) is 0 Å². The molecule has 3 aromatic rings. The molecule has 0 radical (unpaired) electrons. The number of rotatable bonds is 4. The Morgan fingerprint density at radius 2 is 1.76 bits per heavy atom. The zero-order valence-electron chi connectivity index (χ0n) is 15.5. The summed E-state index contributed by atoms with van der Waals surface area (Å²) < 4.78 is 42.2. The van der Waals surface area contributed by atoms with E-state index in [1.165, 1.54) is 16.7 Å². The van der Waals surface area contributed by atoms with Gasteiger partial charge < -0.3 is 4.90 Å². The van der Waals surface area contributed by atoms with Crippen molar-refractivity contribution in [2.24, 2.45) is 0 Å². The second-order valence-electron chi connectivity index (χ2n) is 6.55. The fourth-order valence-corrected chi connectivity index (χ4v) is 4.90. The van der Waals surface area contributed by atoms with E-state index in [4.69, 9.17) is 11.6 Å².